The Kier molecular flexibility index (Phi) is 7.10. The lowest BCUT2D eigenvalue weighted by molar-refractivity contribution is 0.336. The van der Waals surface area contributed by atoms with Crippen LogP contribution in [0.5, 0.6) is 5.75 Å². The van der Waals surface area contributed by atoms with Gasteiger partial charge in [-0.15, -0.1) is 12.4 Å². The summed E-state index contributed by atoms with van der Waals surface area (Å²) in [4.78, 5) is 2.18. The van der Waals surface area contributed by atoms with Gasteiger partial charge in [0.2, 0.25) is 0 Å². The van der Waals surface area contributed by atoms with E-state index < -0.39 is 10.2 Å². The van der Waals surface area contributed by atoms with Crippen LogP contribution >= 0.6 is 12.4 Å². The van der Waals surface area contributed by atoms with E-state index in [1.165, 1.54) is 0 Å². The Morgan fingerprint density at radius 1 is 1.08 bits per heavy atom. The van der Waals surface area contributed by atoms with E-state index in [0.29, 0.717) is 13.1 Å². The van der Waals surface area contributed by atoms with Gasteiger partial charge in [0.1, 0.15) is 5.75 Å². The summed E-state index contributed by atoms with van der Waals surface area (Å²) in [6.45, 7) is 2.83. The Hall–Kier alpha value is -0.860. The molecule has 25 heavy (non-hydrogen) atoms. The molecule has 2 fully saturated rings. The van der Waals surface area contributed by atoms with Crippen LogP contribution in [0.4, 0.5) is 0 Å². The fourth-order valence-corrected chi connectivity index (χ4v) is 5.19. The molecule has 2 aliphatic rings. The topological polar surface area (TPSA) is 61.9 Å². The molecule has 0 radical (unpaired) electrons. The number of hydrogen-bond acceptors (Lipinski definition) is 4. The Morgan fingerprint density at radius 2 is 1.72 bits per heavy atom. The average Bonchev–Trinajstić information content (AvgIpc) is 2.95. The number of hydrogen-bond donors (Lipinski definition) is 1. The van der Waals surface area contributed by atoms with Crippen molar-refractivity contribution in [3.63, 3.8) is 0 Å². The van der Waals surface area contributed by atoms with E-state index in [-0.39, 0.29) is 24.4 Å². The summed E-state index contributed by atoms with van der Waals surface area (Å²) >= 11 is 0. The predicted octanol–water partition coefficient (Wildman–Crippen LogP) is 1.83. The third-order valence-electron chi connectivity index (χ3n) is 5.00. The molecule has 0 spiro atoms. The molecule has 0 amide bonds. The van der Waals surface area contributed by atoms with Crippen LogP contribution in [0.1, 0.15) is 30.7 Å². The first-order valence-electron chi connectivity index (χ1n) is 8.59. The van der Waals surface area contributed by atoms with Crippen LogP contribution in [0, 0.1) is 0 Å². The van der Waals surface area contributed by atoms with Gasteiger partial charge in [-0.05, 0) is 37.6 Å². The minimum atomic E-state index is -3.41. The van der Waals surface area contributed by atoms with Gasteiger partial charge in [0.25, 0.3) is 10.2 Å². The molecule has 8 heteroatoms. The molecule has 1 aromatic carbocycles. The first-order valence-corrected chi connectivity index (χ1v) is 10.0. The molecule has 0 saturated carbocycles. The monoisotopic (exact) mass is 389 g/mol. The molecule has 6 nitrogen and oxygen atoms in total. The van der Waals surface area contributed by atoms with Crippen molar-refractivity contribution in [2.24, 2.45) is 0 Å². The number of piperidine rings is 1. The maximum atomic E-state index is 12.7. The van der Waals surface area contributed by atoms with Gasteiger partial charge in [-0.25, -0.2) is 0 Å². The standard InChI is InChI=1S/C17H27N3O3S.ClH/c1-19-12-16(14-6-8-15(23-2)9-7-14)17(13-19)18-24(21,22)20-10-4-3-5-11-20;/h6-9,16-18H,3-5,10-13H2,1-2H3;1H/t16-,17+;/m1./s1. The highest BCUT2D eigenvalue weighted by atomic mass is 35.5. The third-order valence-corrected chi connectivity index (χ3v) is 6.65. The van der Waals surface area contributed by atoms with Crippen LogP contribution in [0.25, 0.3) is 0 Å². The molecule has 1 N–H and O–H groups in total. The van der Waals surface area contributed by atoms with Crippen molar-refractivity contribution >= 4 is 22.6 Å². The van der Waals surface area contributed by atoms with Crippen LogP contribution in [0.3, 0.4) is 0 Å². The third kappa shape index (κ3) is 4.86. The number of methoxy groups -OCH3 is 1. The normalized spacial score (nSPS) is 25.5. The van der Waals surface area contributed by atoms with Crippen molar-refractivity contribution in [1.29, 1.82) is 0 Å². The first-order chi connectivity index (χ1) is 11.5. The zero-order valence-corrected chi connectivity index (χ0v) is 16.5. The number of ether oxygens (including phenoxy) is 1. The van der Waals surface area contributed by atoms with Crippen LogP contribution in [-0.4, -0.2) is 64.0 Å². The quantitative estimate of drug-likeness (QED) is 0.834. The Balaban J connectivity index is 0.00000225. The van der Waals surface area contributed by atoms with Gasteiger partial charge in [0.05, 0.1) is 7.11 Å². The summed E-state index contributed by atoms with van der Waals surface area (Å²) in [6.07, 6.45) is 3.02. The van der Waals surface area contributed by atoms with Crippen LogP contribution in [-0.2, 0) is 10.2 Å². The molecular formula is C17H28ClN3O3S. The van der Waals surface area contributed by atoms with Crippen molar-refractivity contribution in [1.82, 2.24) is 13.9 Å². The SMILES string of the molecule is COc1ccc([C@H]2CN(C)C[C@@H]2NS(=O)(=O)N2CCCCC2)cc1.Cl. The van der Waals surface area contributed by atoms with Gasteiger partial charge in [0.15, 0.2) is 0 Å². The summed E-state index contributed by atoms with van der Waals surface area (Å²) in [5.74, 6) is 0.969. The number of nitrogens with zero attached hydrogens (tertiary/aromatic N) is 2. The fraction of sp³-hybridized carbons (Fsp3) is 0.647. The largest absolute Gasteiger partial charge is 0.497 e. The van der Waals surface area contributed by atoms with Crippen molar-refractivity contribution in [2.75, 3.05) is 40.3 Å². The molecule has 2 atom stereocenters. The minimum Gasteiger partial charge on any atom is -0.497 e. The molecule has 1 aromatic rings. The molecule has 142 valence electrons. The highest BCUT2D eigenvalue weighted by Gasteiger charge is 2.36. The number of benzene rings is 1. The zero-order valence-electron chi connectivity index (χ0n) is 14.8. The predicted molar refractivity (Wildman–Crippen MR) is 102 cm³/mol. The molecule has 0 unspecified atom stereocenters. The van der Waals surface area contributed by atoms with E-state index in [2.05, 4.69) is 9.62 Å². The van der Waals surface area contributed by atoms with Gasteiger partial charge in [-0.2, -0.15) is 17.4 Å². The van der Waals surface area contributed by atoms with Crippen molar-refractivity contribution in [3.05, 3.63) is 29.8 Å². The number of rotatable bonds is 5. The number of likely N-dealkylation sites (N-methyl/N-ethyl adjacent to an activating group) is 1. The molecule has 3 rings (SSSR count). The Labute approximate surface area is 157 Å². The van der Waals surface area contributed by atoms with E-state index in [9.17, 15) is 8.42 Å². The van der Waals surface area contributed by atoms with Crippen molar-refractivity contribution in [3.8, 4) is 5.75 Å². The van der Waals surface area contributed by atoms with Crippen LogP contribution < -0.4 is 9.46 Å². The lowest BCUT2D eigenvalue weighted by Gasteiger charge is -2.29. The highest BCUT2D eigenvalue weighted by Crippen LogP contribution is 2.29. The molecule has 2 heterocycles. The number of halogens is 1. The van der Waals surface area contributed by atoms with E-state index in [1.54, 1.807) is 11.4 Å². The second kappa shape index (κ2) is 8.68. The molecule has 2 aliphatic heterocycles. The molecular weight excluding hydrogens is 362 g/mol. The second-order valence-corrected chi connectivity index (χ2v) is 8.49. The minimum absolute atomic E-state index is 0. The zero-order chi connectivity index (χ0) is 17.2. The first kappa shape index (κ1) is 20.5. The van der Waals surface area contributed by atoms with Gasteiger partial charge in [0, 0.05) is 38.1 Å². The lowest BCUT2D eigenvalue weighted by atomic mass is 9.95. The van der Waals surface area contributed by atoms with Crippen molar-refractivity contribution < 1.29 is 13.2 Å². The van der Waals surface area contributed by atoms with Gasteiger partial charge < -0.3 is 9.64 Å². The summed E-state index contributed by atoms with van der Waals surface area (Å²) in [5.41, 5.74) is 1.14. The van der Waals surface area contributed by atoms with Gasteiger partial charge in [-0.3, -0.25) is 0 Å². The fourth-order valence-electron chi connectivity index (χ4n) is 3.68. The number of likely N-dealkylation sites (tertiary alicyclic amines) is 1. The second-order valence-electron chi connectivity index (χ2n) is 6.79. The summed E-state index contributed by atoms with van der Waals surface area (Å²) in [7, 11) is 0.268. The summed E-state index contributed by atoms with van der Waals surface area (Å²) < 4.78 is 35.2. The molecule has 0 aliphatic carbocycles. The number of nitrogens with one attached hydrogen (secondary N) is 1. The van der Waals surface area contributed by atoms with Crippen molar-refractivity contribution in [2.45, 2.75) is 31.2 Å². The van der Waals surface area contributed by atoms with E-state index in [1.807, 2.05) is 31.3 Å². The smallest absolute Gasteiger partial charge is 0.279 e. The maximum absolute atomic E-state index is 12.7. The molecule has 0 aromatic heterocycles. The Bertz CT molecular complexity index is 648. The van der Waals surface area contributed by atoms with Crippen LogP contribution in [0.15, 0.2) is 24.3 Å². The molecule has 2 saturated heterocycles. The lowest BCUT2D eigenvalue weighted by Crippen LogP contribution is -2.49. The van der Waals surface area contributed by atoms with E-state index in [0.717, 1.165) is 43.7 Å². The highest BCUT2D eigenvalue weighted by molar-refractivity contribution is 7.87. The van der Waals surface area contributed by atoms with Gasteiger partial charge >= 0.3 is 0 Å². The van der Waals surface area contributed by atoms with Crippen LogP contribution in [0.2, 0.25) is 0 Å². The average molecular weight is 390 g/mol. The van der Waals surface area contributed by atoms with Gasteiger partial charge in [-0.1, -0.05) is 18.6 Å². The molecule has 0 bridgehead atoms. The maximum Gasteiger partial charge on any atom is 0.279 e. The summed E-state index contributed by atoms with van der Waals surface area (Å²) in [6, 6.07) is 7.83. The van der Waals surface area contributed by atoms with E-state index in [4.69, 9.17) is 4.74 Å². The summed E-state index contributed by atoms with van der Waals surface area (Å²) in [5, 5.41) is 0. The van der Waals surface area contributed by atoms with E-state index >= 15 is 0 Å². The Morgan fingerprint density at radius 3 is 2.32 bits per heavy atom.